The Morgan fingerprint density at radius 2 is 1.35 bits per heavy atom. The molecule has 9 rings (SSSR count). The van der Waals surface area contributed by atoms with E-state index in [-0.39, 0.29) is 5.41 Å². The van der Waals surface area contributed by atoms with Crippen LogP contribution in [0.4, 0.5) is 11.4 Å². The number of aryl methyl sites for hydroxylation is 1. The van der Waals surface area contributed by atoms with Gasteiger partial charge in [-0.3, -0.25) is 0 Å². The van der Waals surface area contributed by atoms with Crippen molar-refractivity contribution in [1.29, 1.82) is 0 Å². The van der Waals surface area contributed by atoms with E-state index in [1.807, 2.05) is 12.1 Å². The van der Waals surface area contributed by atoms with E-state index in [1.165, 1.54) is 77.8 Å². The van der Waals surface area contributed by atoms with Crippen LogP contribution in [0.1, 0.15) is 62.1 Å². The number of aromatic nitrogens is 1. The van der Waals surface area contributed by atoms with Crippen LogP contribution in [-0.4, -0.2) is 4.57 Å². The van der Waals surface area contributed by atoms with Crippen LogP contribution in [0.3, 0.4) is 0 Å². The van der Waals surface area contributed by atoms with Crippen molar-refractivity contribution in [2.24, 2.45) is 0 Å². The summed E-state index contributed by atoms with van der Waals surface area (Å²) in [5.74, 6) is 0. The Kier molecular flexibility index (Phi) is 11.0. The van der Waals surface area contributed by atoms with Gasteiger partial charge in [0.2, 0.25) is 0 Å². The second-order valence-electron chi connectivity index (χ2n) is 16.9. The summed E-state index contributed by atoms with van der Waals surface area (Å²) in [4.78, 5) is 2.36. The van der Waals surface area contributed by atoms with Gasteiger partial charge in [0, 0.05) is 45.5 Å². The molecule has 1 heterocycles. The van der Waals surface area contributed by atoms with Gasteiger partial charge in [-0.1, -0.05) is 166 Å². The van der Waals surface area contributed by atoms with Gasteiger partial charge in [-0.15, -0.1) is 0 Å². The molecule has 0 fully saturated rings. The molecule has 0 saturated heterocycles. The van der Waals surface area contributed by atoms with E-state index in [0.29, 0.717) is 0 Å². The van der Waals surface area contributed by atoms with Gasteiger partial charge in [0.25, 0.3) is 0 Å². The lowest BCUT2D eigenvalue weighted by molar-refractivity contribution is 0.660. The van der Waals surface area contributed by atoms with Gasteiger partial charge in [0.15, 0.2) is 0 Å². The third-order valence-corrected chi connectivity index (χ3v) is 12.4. The number of hydrogen-bond donors (Lipinski definition) is 0. The van der Waals surface area contributed by atoms with E-state index in [2.05, 4.69) is 239 Å². The molecule has 0 radical (unpaired) electrons. The highest BCUT2D eigenvalue weighted by Crippen LogP contribution is 2.49. The van der Waals surface area contributed by atoms with Crippen LogP contribution < -0.4 is 4.90 Å². The predicted molar refractivity (Wildman–Crippen MR) is 264 cm³/mol. The molecule has 8 aromatic rings. The molecule has 0 saturated carbocycles. The molecule has 302 valence electrons. The molecule has 2 heteroatoms. The average Bonchev–Trinajstić information content (AvgIpc) is 3.73. The van der Waals surface area contributed by atoms with Crippen molar-refractivity contribution in [2.75, 3.05) is 4.90 Å². The topological polar surface area (TPSA) is 8.17 Å². The molecule has 0 amide bonds. The minimum Gasteiger partial charge on any atom is -0.315 e. The fourth-order valence-corrected chi connectivity index (χ4v) is 9.25. The molecule has 2 nitrogen and oxygen atoms in total. The van der Waals surface area contributed by atoms with Crippen LogP contribution in [-0.2, 0) is 11.8 Å². The summed E-state index contributed by atoms with van der Waals surface area (Å²) < 4.78 is 2.46. The summed E-state index contributed by atoms with van der Waals surface area (Å²) >= 11 is 0. The Labute approximate surface area is 368 Å². The minimum absolute atomic E-state index is 0.177. The van der Waals surface area contributed by atoms with Crippen molar-refractivity contribution >= 4 is 28.4 Å². The van der Waals surface area contributed by atoms with E-state index >= 15 is 0 Å². The van der Waals surface area contributed by atoms with Gasteiger partial charge >= 0.3 is 0 Å². The highest BCUT2D eigenvalue weighted by molar-refractivity contribution is 5.91. The third kappa shape index (κ3) is 7.53. The average molecular weight is 801 g/mol. The van der Waals surface area contributed by atoms with Crippen LogP contribution >= 0.6 is 0 Å². The SMILES string of the molecule is C=C/C=C(\C=C(/C)N(c1ccc(C)cc1)c1ccc(-c2ccc(-c3ccccc3)cc2)cc1)Cc1c(/C=C\CC)n(-c2ccc3c(c2)C(C)(C)c2c#cccc2-3)c2ccccc12. The van der Waals surface area contributed by atoms with E-state index in [9.17, 15) is 0 Å². The molecule has 0 bridgehead atoms. The zero-order valence-electron chi connectivity index (χ0n) is 36.4. The fraction of sp³-hybridized carbons (Fsp3) is 0.133. The number of fused-ring (bicyclic) bond motifs is 4. The van der Waals surface area contributed by atoms with Gasteiger partial charge in [-0.25, -0.2) is 0 Å². The highest BCUT2D eigenvalue weighted by Gasteiger charge is 2.36. The van der Waals surface area contributed by atoms with E-state index < -0.39 is 0 Å². The van der Waals surface area contributed by atoms with E-state index in [0.717, 1.165) is 35.6 Å². The number of para-hydroxylation sites is 1. The molecule has 62 heavy (non-hydrogen) atoms. The van der Waals surface area contributed by atoms with Crippen LogP contribution in [0.2, 0.25) is 0 Å². The van der Waals surface area contributed by atoms with Crippen molar-refractivity contribution < 1.29 is 0 Å². The zero-order valence-corrected chi connectivity index (χ0v) is 36.4. The second-order valence-corrected chi connectivity index (χ2v) is 16.9. The van der Waals surface area contributed by atoms with Crippen LogP contribution in [0.15, 0.2) is 200 Å². The predicted octanol–water partition coefficient (Wildman–Crippen LogP) is 16.0. The van der Waals surface area contributed by atoms with Crippen LogP contribution in [0.5, 0.6) is 0 Å². The van der Waals surface area contributed by atoms with Gasteiger partial charge in [0.05, 0.1) is 11.2 Å². The highest BCUT2D eigenvalue weighted by atomic mass is 15.1. The molecule has 0 aliphatic heterocycles. The number of rotatable bonds is 12. The Balaban J connectivity index is 1.09. The second kappa shape index (κ2) is 17.0. The quantitative estimate of drug-likeness (QED) is 0.112. The van der Waals surface area contributed by atoms with Gasteiger partial charge < -0.3 is 9.47 Å². The normalized spacial score (nSPS) is 13.2. The van der Waals surface area contributed by atoms with Crippen LogP contribution in [0, 0.1) is 19.1 Å². The first-order chi connectivity index (χ1) is 30.2. The molecule has 1 aliphatic rings. The molecular weight excluding hydrogens is 749 g/mol. The Morgan fingerprint density at radius 1 is 0.726 bits per heavy atom. The van der Waals surface area contributed by atoms with E-state index in [4.69, 9.17) is 0 Å². The minimum atomic E-state index is -0.177. The lowest BCUT2D eigenvalue weighted by Crippen LogP contribution is -2.15. The number of hydrogen-bond acceptors (Lipinski definition) is 1. The maximum atomic E-state index is 4.19. The zero-order chi connectivity index (χ0) is 42.8. The molecule has 7 aromatic carbocycles. The standard InChI is InChI=1S/C60H52N2/c1-7-9-23-59-55(54-21-14-16-24-58(54)62(59)51-37-38-53-52-20-13-15-22-56(52)60(5,6)57(53)41-51)40-44(17-8-2)39-43(4)61(49-33-25-42(3)26-34-49)50-35-31-48(32-36-50)47-29-27-46(28-30-47)45-18-11-10-12-19-45/h8-14,16-21,23-39,41H,2,7,40H2,1,3-6H3/b23-9-,43-39+,44-17+. The first-order valence-corrected chi connectivity index (χ1v) is 21.7. The summed E-state index contributed by atoms with van der Waals surface area (Å²) in [6.07, 6.45) is 12.7. The van der Waals surface area contributed by atoms with Crippen molar-refractivity contribution in [1.82, 2.24) is 4.57 Å². The van der Waals surface area contributed by atoms with Crippen LogP contribution in [0.25, 0.3) is 56.0 Å². The maximum absolute atomic E-state index is 4.19. The molecule has 0 unspecified atom stereocenters. The molecule has 0 spiro atoms. The number of allylic oxidation sites excluding steroid dienone is 6. The number of anilines is 2. The molecule has 0 N–H and O–H groups in total. The van der Waals surface area contributed by atoms with Crippen molar-refractivity contribution in [3.05, 3.63) is 240 Å². The van der Waals surface area contributed by atoms with Crippen molar-refractivity contribution in [2.45, 2.75) is 52.9 Å². The summed E-state index contributed by atoms with van der Waals surface area (Å²) in [6, 6.07) is 63.8. The maximum Gasteiger partial charge on any atom is 0.0537 e. The molecule has 1 aliphatic carbocycles. The Morgan fingerprint density at radius 3 is 2.03 bits per heavy atom. The van der Waals surface area contributed by atoms with Gasteiger partial charge in [-0.2, -0.15) is 0 Å². The van der Waals surface area contributed by atoms with Gasteiger partial charge in [0.1, 0.15) is 0 Å². The lowest BCUT2D eigenvalue weighted by Gasteiger charge is -2.27. The summed E-state index contributed by atoms with van der Waals surface area (Å²) in [7, 11) is 0. The molecular formula is C60H52N2. The van der Waals surface area contributed by atoms with E-state index in [1.54, 1.807) is 0 Å². The summed E-state index contributed by atoms with van der Waals surface area (Å²) in [5.41, 5.74) is 20.3. The van der Waals surface area contributed by atoms with Gasteiger partial charge in [-0.05, 0) is 137 Å². The largest absolute Gasteiger partial charge is 0.315 e. The third-order valence-electron chi connectivity index (χ3n) is 12.4. The first-order valence-electron chi connectivity index (χ1n) is 21.7. The summed E-state index contributed by atoms with van der Waals surface area (Å²) in [6.45, 7) is 15.4. The van der Waals surface area contributed by atoms with Crippen molar-refractivity contribution in [3.63, 3.8) is 0 Å². The molecule has 1 aromatic heterocycles. The van der Waals surface area contributed by atoms with Crippen molar-refractivity contribution in [3.8, 4) is 39.1 Å². The Hall–Kier alpha value is -7.34. The smallest absolute Gasteiger partial charge is 0.0537 e. The Bertz CT molecular complexity index is 2990. The first kappa shape index (κ1) is 40.1. The summed E-state index contributed by atoms with van der Waals surface area (Å²) in [5, 5.41) is 1.25. The number of nitrogens with zero attached hydrogens (tertiary/aromatic N) is 2. The lowest BCUT2D eigenvalue weighted by atomic mass is 9.83. The molecule has 0 atom stereocenters. The number of benzene rings is 6. The monoisotopic (exact) mass is 800 g/mol. The fourth-order valence-electron chi connectivity index (χ4n) is 9.25.